The number of ether oxygens (including phenoxy) is 8. The van der Waals surface area contributed by atoms with E-state index in [1.807, 2.05) is 91.0 Å². The summed E-state index contributed by atoms with van der Waals surface area (Å²) in [7, 11) is 0. The third kappa shape index (κ3) is 14.3. The highest BCUT2D eigenvalue weighted by Crippen LogP contribution is 2.38. The van der Waals surface area contributed by atoms with Crippen LogP contribution in [0.25, 0.3) is 52.2 Å². The van der Waals surface area contributed by atoms with Crippen LogP contribution >= 0.6 is 0 Å². The lowest BCUT2D eigenvalue weighted by Gasteiger charge is -2.46. The Morgan fingerprint density at radius 1 is 0.605 bits per heavy atom. The number of carbonyl (C=O) groups excluding carboxylic acids is 1. The van der Waals surface area contributed by atoms with Crippen LogP contribution in [0.2, 0.25) is 0 Å². The molecule has 30 heteroatoms. The molecule has 7 rings (SSSR count). The summed E-state index contributed by atoms with van der Waals surface area (Å²) in [5, 5.41) is 74.1. The number of benzene rings is 3. The van der Waals surface area contributed by atoms with Gasteiger partial charge < -0.3 is 63.4 Å². The van der Waals surface area contributed by atoms with Gasteiger partial charge in [0.2, 0.25) is 0 Å². The fourth-order valence-electron chi connectivity index (χ4n) is 9.47. The number of hydrogen-bond donors (Lipinski definition) is 5. The molecule has 0 radical (unpaired) electrons. The summed E-state index contributed by atoms with van der Waals surface area (Å²) in [6.45, 7) is -1.35. The molecule has 0 bridgehead atoms. The first-order valence-corrected chi connectivity index (χ1v) is 24.1. The normalized spacial score (nSPS) is 32.4. The van der Waals surface area contributed by atoms with Crippen molar-refractivity contribution in [2.24, 2.45) is 25.6 Å². The van der Waals surface area contributed by atoms with E-state index in [0.29, 0.717) is 0 Å². The van der Waals surface area contributed by atoms with Crippen LogP contribution in [-0.2, 0) is 57.7 Å². The standard InChI is InChI=1S/C46H56N16O14/c47-57-52-19-33-37(65)38(66)35(56-61-51)44(72-33)75-41-34(21-63)73-45(39(41)67)76-42-36(64)29(54-59-49)18-30(55-60-50)40(42)74-43-28(53-58-48)16-17-32(71-43)31(24-69-22-26-12-6-2-7-13-26)62(20-25-10-4-1-5-11-25)46(68)70-23-27-14-8-3-9-15-27/h1-15,28-45,63-67H,16-24H2. The van der Waals surface area contributed by atoms with Crippen molar-refractivity contribution in [1.29, 1.82) is 0 Å². The van der Waals surface area contributed by atoms with Crippen LogP contribution in [-0.4, -0.2) is 166 Å². The lowest BCUT2D eigenvalue weighted by molar-refractivity contribution is -0.292. The molecule has 1 saturated carbocycles. The molecule has 3 saturated heterocycles. The maximum Gasteiger partial charge on any atom is 0.410 e. The number of azide groups is 5. The van der Waals surface area contributed by atoms with Gasteiger partial charge in [-0.2, -0.15) is 0 Å². The number of aliphatic hydroxyl groups is 5. The molecule has 0 spiro atoms. The number of rotatable bonds is 23. The van der Waals surface area contributed by atoms with Crippen LogP contribution in [0, 0.1) is 0 Å². The van der Waals surface area contributed by atoms with E-state index in [1.165, 1.54) is 4.90 Å². The maximum atomic E-state index is 14.4. The van der Waals surface area contributed by atoms with Crippen molar-refractivity contribution in [2.45, 2.75) is 149 Å². The van der Waals surface area contributed by atoms with Gasteiger partial charge in [-0.25, -0.2) is 4.79 Å². The molecule has 18 atom stereocenters. The quantitative estimate of drug-likeness (QED) is 0.0452. The summed E-state index contributed by atoms with van der Waals surface area (Å²) >= 11 is 0. The Kier molecular flexibility index (Phi) is 21.1. The minimum absolute atomic E-state index is 0.0324. The second kappa shape index (κ2) is 28.2. The van der Waals surface area contributed by atoms with Crippen molar-refractivity contribution >= 4 is 6.09 Å². The van der Waals surface area contributed by atoms with E-state index in [9.17, 15) is 52.5 Å². The SMILES string of the molecule is [N-]=[N+]=NCC1OC(OC2C(CO)OC(OC3C(O)C(N=[N+]=[N-])CC(N=[N+]=[N-])C3OC3OC(C(COCc4ccccc4)N(Cc4ccccc4)C(=O)OCc4ccccc4)CCC3N=[N+]=[N-])C2O)C(N=[N+]=[N-])C(O)C1O. The van der Waals surface area contributed by atoms with Crippen molar-refractivity contribution in [1.82, 2.24) is 4.90 Å². The number of amides is 1. The summed E-state index contributed by atoms with van der Waals surface area (Å²) in [5.41, 5.74) is 49.7. The van der Waals surface area contributed by atoms with Crippen LogP contribution in [0.3, 0.4) is 0 Å². The minimum Gasteiger partial charge on any atom is -0.445 e. The van der Waals surface area contributed by atoms with Crippen LogP contribution in [0.15, 0.2) is 117 Å². The third-order valence-corrected chi connectivity index (χ3v) is 13.3. The van der Waals surface area contributed by atoms with Gasteiger partial charge in [0.1, 0.15) is 43.2 Å². The van der Waals surface area contributed by atoms with Crippen LogP contribution in [0.5, 0.6) is 0 Å². The molecule has 4 aliphatic rings. The van der Waals surface area contributed by atoms with E-state index < -0.39 is 129 Å². The molecule has 3 aliphatic heterocycles. The van der Waals surface area contributed by atoms with Crippen molar-refractivity contribution in [3.63, 3.8) is 0 Å². The van der Waals surface area contributed by atoms with Gasteiger partial charge in [-0.3, -0.25) is 4.90 Å². The van der Waals surface area contributed by atoms with Gasteiger partial charge in [-0.15, -0.1) is 0 Å². The largest absolute Gasteiger partial charge is 0.445 e. The van der Waals surface area contributed by atoms with Gasteiger partial charge in [-0.1, -0.05) is 117 Å². The summed E-state index contributed by atoms with van der Waals surface area (Å²) in [6, 6.07) is 21.2. The summed E-state index contributed by atoms with van der Waals surface area (Å²) in [6.07, 6.45) is -22.0. The molecule has 3 aromatic carbocycles. The van der Waals surface area contributed by atoms with Crippen LogP contribution in [0.4, 0.5) is 4.79 Å². The monoisotopic (exact) mass is 1060 g/mol. The number of carbonyl (C=O) groups is 1. The van der Waals surface area contributed by atoms with Crippen LogP contribution in [0.1, 0.15) is 36.0 Å². The molecule has 404 valence electrons. The van der Waals surface area contributed by atoms with E-state index in [0.717, 1.165) is 16.7 Å². The zero-order valence-electron chi connectivity index (χ0n) is 40.5. The molecular weight excluding hydrogens is 1000 g/mol. The first kappa shape index (κ1) is 56.7. The fraction of sp³-hybridized carbons (Fsp3) is 0.587. The average Bonchev–Trinajstić information content (AvgIpc) is 3.73. The second-order valence-corrected chi connectivity index (χ2v) is 18.0. The Labute approximate surface area is 432 Å². The molecule has 3 heterocycles. The lowest BCUT2D eigenvalue weighted by atomic mass is 9.84. The first-order chi connectivity index (χ1) is 37.0. The molecule has 4 fully saturated rings. The third-order valence-electron chi connectivity index (χ3n) is 13.3. The molecule has 5 N–H and O–H groups in total. The van der Waals surface area contributed by atoms with E-state index >= 15 is 0 Å². The van der Waals surface area contributed by atoms with Gasteiger partial charge >= 0.3 is 6.09 Å². The smallest absolute Gasteiger partial charge is 0.410 e. The zero-order chi connectivity index (χ0) is 54.0. The number of hydrogen-bond acceptors (Lipinski definition) is 19. The van der Waals surface area contributed by atoms with Gasteiger partial charge in [0, 0.05) is 31.1 Å². The van der Waals surface area contributed by atoms with E-state index in [4.69, 9.17) is 43.4 Å². The Morgan fingerprint density at radius 2 is 1.18 bits per heavy atom. The highest BCUT2D eigenvalue weighted by molar-refractivity contribution is 5.68. The Hall–Kier alpha value is -7.00. The topological polar surface area (TPSA) is 439 Å². The maximum absolute atomic E-state index is 14.4. The Morgan fingerprint density at radius 3 is 1.82 bits per heavy atom. The van der Waals surface area contributed by atoms with Crippen molar-refractivity contribution in [3.05, 3.63) is 160 Å². The second-order valence-electron chi connectivity index (χ2n) is 18.0. The highest BCUT2D eigenvalue weighted by Gasteiger charge is 2.55. The Bertz CT molecular complexity index is 2590. The number of nitrogens with zero attached hydrogens (tertiary/aromatic N) is 16. The predicted octanol–water partition coefficient (Wildman–Crippen LogP) is 5.39. The van der Waals surface area contributed by atoms with Crippen molar-refractivity contribution in [3.8, 4) is 0 Å². The van der Waals surface area contributed by atoms with Gasteiger partial charge in [0.05, 0.1) is 81.1 Å². The molecule has 0 aromatic heterocycles. The lowest BCUT2D eigenvalue weighted by Crippen LogP contribution is -2.61. The first-order valence-electron chi connectivity index (χ1n) is 24.1. The molecule has 30 nitrogen and oxygen atoms in total. The van der Waals surface area contributed by atoms with Gasteiger partial charge in [-0.05, 0) is 63.6 Å². The molecule has 76 heavy (non-hydrogen) atoms. The highest BCUT2D eigenvalue weighted by atomic mass is 16.8. The molecule has 1 amide bonds. The minimum atomic E-state index is -1.92. The van der Waals surface area contributed by atoms with Crippen LogP contribution < -0.4 is 0 Å². The summed E-state index contributed by atoms with van der Waals surface area (Å²) in [5.74, 6) is 0. The predicted molar refractivity (Wildman–Crippen MR) is 260 cm³/mol. The van der Waals surface area contributed by atoms with E-state index in [1.54, 1.807) is 0 Å². The van der Waals surface area contributed by atoms with Gasteiger partial charge in [0.25, 0.3) is 0 Å². The molecule has 3 aromatic rings. The summed E-state index contributed by atoms with van der Waals surface area (Å²) < 4.78 is 49.4. The molecule has 1 aliphatic carbocycles. The van der Waals surface area contributed by atoms with Crippen molar-refractivity contribution in [2.75, 3.05) is 19.8 Å². The van der Waals surface area contributed by atoms with E-state index in [2.05, 4.69) is 50.1 Å². The van der Waals surface area contributed by atoms with Gasteiger partial charge in [0.15, 0.2) is 18.9 Å². The fourth-order valence-corrected chi connectivity index (χ4v) is 9.47. The molecule has 18 unspecified atom stereocenters. The molecular formula is C46H56N16O14. The summed E-state index contributed by atoms with van der Waals surface area (Å²) in [4.78, 5) is 30.1. The Balaban J connectivity index is 1.19. The van der Waals surface area contributed by atoms with E-state index in [-0.39, 0.29) is 45.6 Å². The van der Waals surface area contributed by atoms with Crippen molar-refractivity contribution < 1.29 is 68.2 Å². The zero-order valence-corrected chi connectivity index (χ0v) is 40.5. The average molecular weight is 1060 g/mol. The number of aliphatic hydroxyl groups excluding tert-OH is 5.